The Morgan fingerprint density at radius 1 is 1.21 bits per heavy atom. The van der Waals surface area contributed by atoms with E-state index >= 15 is 0 Å². The first-order valence-corrected chi connectivity index (χ1v) is 11.2. The van der Waals surface area contributed by atoms with Crippen LogP contribution in [0.2, 0.25) is 0 Å². The summed E-state index contributed by atoms with van der Waals surface area (Å²) in [5, 5.41) is 8.54. The van der Waals surface area contributed by atoms with Gasteiger partial charge in [0, 0.05) is 55.9 Å². The summed E-state index contributed by atoms with van der Waals surface area (Å²) in [6.45, 7) is 3.05. The molecule has 3 aromatic rings. The second-order valence-electron chi connectivity index (χ2n) is 8.91. The Hall–Kier alpha value is -3.07. The highest BCUT2D eigenvalue weighted by Gasteiger charge is 2.40. The zero-order valence-corrected chi connectivity index (χ0v) is 18.6. The van der Waals surface area contributed by atoms with Crippen LogP contribution in [0.5, 0.6) is 0 Å². The molecule has 1 atom stereocenters. The highest BCUT2D eigenvalue weighted by molar-refractivity contribution is 5.90. The minimum Gasteiger partial charge on any atom is -0.381 e. The van der Waals surface area contributed by atoms with Crippen LogP contribution in [0.4, 0.5) is 14.6 Å². The summed E-state index contributed by atoms with van der Waals surface area (Å²) in [4.78, 5) is 25.5. The van der Waals surface area contributed by atoms with Gasteiger partial charge in [0.2, 0.25) is 0 Å². The minimum absolute atomic E-state index is 0.00962. The molecule has 7 nitrogen and oxygen atoms in total. The minimum atomic E-state index is -2.81. The van der Waals surface area contributed by atoms with Gasteiger partial charge in [0.1, 0.15) is 0 Å². The summed E-state index contributed by atoms with van der Waals surface area (Å²) in [5.41, 5.74) is 0.932. The van der Waals surface area contributed by atoms with Crippen molar-refractivity contribution in [2.45, 2.75) is 50.6 Å². The molecule has 33 heavy (non-hydrogen) atoms. The zero-order valence-electron chi connectivity index (χ0n) is 18.6. The van der Waals surface area contributed by atoms with Gasteiger partial charge in [0.05, 0.1) is 11.4 Å². The Morgan fingerprint density at radius 2 is 1.97 bits per heavy atom. The van der Waals surface area contributed by atoms with Gasteiger partial charge in [-0.15, -0.1) is 0 Å². The van der Waals surface area contributed by atoms with Crippen LogP contribution in [0.25, 0.3) is 10.8 Å². The normalized spacial score (nSPS) is 18.9. The highest BCUT2D eigenvalue weighted by atomic mass is 19.3. The van der Waals surface area contributed by atoms with Crippen LogP contribution in [0, 0.1) is 0 Å². The molecule has 0 spiro atoms. The number of hydrogen-bond donors (Lipinski definition) is 1. The molecule has 0 bridgehead atoms. The van der Waals surface area contributed by atoms with E-state index in [2.05, 4.69) is 10.4 Å². The molecule has 0 radical (unpaired) electrons. The number of aromatic nitrogens is 3. The predicted octanol–water partition coefficient (Wildman–Crippen LogP) is 3.66. The molecule has 1 aliphatic heterocycles. The van der Waals surface area contributed by atoms with Crippen LogP contribution in [0.1, 0.15) is 55.0 Å². The maximum absolute atomic E-state index is 14.3. The molecule has 1 saturated heterocycles. The van der Waals surface area contributed by atoms with Crippen molar-refractivity contribution in [3.8, 4) is 0 Å². The molecule has 174 valence electrons. The number of anilines is 1. The summed E-state index contributed by atoms with van der Waals surface area (Å²) in [6.07, 6.45) is 3.25. The summed E-state index contributed by atoms with van der Waals surface area (Å²) in [7, 11) is 1.53. The van der Waals surface area contributed by atoms with Gasteiger partial charge in [-0.25, -0.2) is 13.5 Å². The van der Waals surface area contributed by atoms with Crippen molar-refractivity contribution in [1.29, 1.82) is 0 Å². The van der Waals surface area contributed by atoms with Gasteiger partial charge in [0.25, 0.3) is 17.0 Å². The van der Waals surface area contributed by atoms with E-state index in [1.165, 1.54) is 23.9 Å². The first kappa shape index (κ1) is 21.8. The van der Waals surface area contributed by atoms with Crippen LogP contribution >= 0.6 is 0 Å². The fourth-order valence-electron chi connectivity index (χ4n) is 5.02. The fourth-order valence-corrected chi connectivity index (χ4v) is 5.02. The Labute approximate surface area is 189 Å². The Kier molecular flexibility index (Phi) is 5.31. The molecule has 0 saturated carbocycles. The van der Waals surface area contributed by atoms with Crippen molar-refractivity contribution in [2.24, 2.45) is 7.05 Å². The first-order chi connectivity index (χ1) is 15.8. The van der Waals surface area contributed by atoms with Crippen LogP contribution in [-0.2, 0) is 24.1 Å². The van der Waals surface area contributed by atoms with Gasteiger partial charge in [-0.05, 0) is 37.3 Å². The van der Waals surface area contributed by atoms with Crippen molar-refractivity contribution in [1.82, 2.24) is 14.3 Å². The van der Waals surface area contributed by atoms with Crippen molar-refractivity contribution in [3.05, 3.63) is 67.9 Å². The second-order valence-corrected chi connectivity index (χ2v) is 8.91. The summed E-state index contributed by atoms with van der Waals surface area (Å²) in [5.74, 6) is -2.38. The van der Waals surface area contributed by atoms with Gasteiger partial charge in [0.15, 0.2) is 5.82 Å². The molecule has 5 rings (SSSR count). The molecule has 1 fully saturated rings. The molecule has 2 aromatic heterocycles. The van der Waals surface area contributed by atoms with Gasteiger partial charge in [-0.1, -0.05) is 18.2 Å². The number of hydrogen-bond acceptors (Lipinski definition) is 5. The number of alkyl halides is 2. The molecule has 9 heteroatoms. The zero-order chi connectivity index (χ0) is 23.3. The third kappa shape index (κ3) is 3.74. The van der Waals surface area contributed by atoms with E-state index in [-0.39, 0.29) is 40.6 Å². The lowest BCUT2D eigenvalue weighted by atomic mass is 9.97. The second kappa shape index (κ2) is 8.06. The maximum Gasteiger partial charge on any atom is 0.274 e. The average Bonchev–Trinajstić information content (AvgIpc) is 3.12. The van der Waals surface area contributed by atoms with Crippen LogP contribution < -0.4 is 16.4 Å². The quantitative estimate of drug-likeness (QED) is 0.648. The number of benzene rings is 1. The lowest BCUT2D eigenvalue weighted by Gasteiger charge is -2.25. The monoisotopic (exact) mass is 456 g/mol. The fraction of sp³-hybridized carbons (Fsp3) is 0.458. The Bertz CT molecular complexity index is 1340. The molecule has 0 unspecified atom stereocenters. The summed E-state index contributed by atoms with van der Waals surface area (Å²) >= 11 is 0. The number of rotatable bonds is 4. The standard InChI is InChI=1S/C24H26F2N4O3/c1-14(16-4-3-5-20-17(16)6-9-24(20,25)26)27-22-19-13-30(15-7-10-33-11-8-15)21(31)12-18(19)23(32)29(2)28-22/h3-5,12-15H,6-11H2,1-2H3,(H,27,28)/t14-/m1/s1. The molecular weight excluding hydrogens is 430 g/mol. The molecule has 1 aromatic carbocycles. The lowest BCUT2D eigenvalue weighted by molar-refractivity contribution is -0.00184. The van der Waals surface area contributed by atoms with Gasteiger partial charge < -0.3 is 14.6 Å². The molecule has 1 N–H and O–H groups in total. The number of fused-ring (bicyclic) bond motifs is 2. The molecule has 3 heterocycles. The molecular formula is C24H26F2N4O3. The van der Waals surface area contributed by atoms with Crippen LogP contribution in [0.15, 0.2) is 40.1 Å². The molecule has 0 amide bonds. The third-order valence-electron chi connectivity index (χ3n) is 6.81. The summed E-state index contributed by atoms with van der Waals surface area (Å²) in [6, 6.07) is 6.02. The maximum atomic E-state index is 14.3. The Morgan fingerprint density at radius 3 is 2.73 bits per heavy atom. The number of pyridine rings is 1. The topological polar surface area (TPSA) is 78.2 Å². The van der Waals surface area contributed by atoms with Crippen LogP contribution in [0.3, 0.4) is 0 Å². The largest absolute Gasteiger partial charge is 0.381 e. The van der Waals surface area contributed by atoms with Crippen molar-refractivity contribution in [3.63, 3.8) is 0 Å². The number of nitrogens with one attached hydrogen (secondary N) is 1. The average molecular weight is 456 g/mol. The number of nitrogens with zero attached hydrogens (tertiary/aromatic N) is 3. The number of ether oxygens (including phenoxy) is 1. The first-order valence-electron chi connectivity index (χ1n) is 11.2. The van der Waals surface area contributed by atoms with Crippen molar-refractivity contribution in [2.75, 3.05) is 18.5 Å². The van der Waals surface area contributed by atoms with E-state index in [9.17, 15) is 18.4 Å². The van der Waals surface area contributed by atoms with E-state index in [4.69, 9.17) is 4.74 Å². The SMILES string of the molecule is C[C@@H](Nc1nn(C)c(=O)c2cc(=O)n(C3CCOCC3)cc12)c1cccc2c1CCC2(F)F. The smallest absolute Gasteiger partial charge is 0.274 e. The molecule has 2 aliphatic rings. The van der Waals surface area contributed by atoms with Gasteiger partial charge >= 0.3 is 0 Å². The Balaban J connectivity index is 1.58. The third-order valence-corrected chi connectivity index (χ3v) is 6.81. The predicted molar refractivity (Wildman–Crippen MR) is 121 cm³/mol. The van der Waals surface area contributed by atoms with E-state index < -0.39 is 5.92 Å². The number of halogens is 2. The van der Waals surface area contributed by atoms with Crippen molar-refractivity contribution < 1.29 is 13.5 Å². The number of aryl methyl sites for hydroxylation is 1. The van der Waals surface area contributed by atoms with Gasteiger partial charge in [-0.2, -0.15) is 5.10 Å². The lowest BCUT2D eigenvalue weighted by Crippen LogP contribution is -2.30. The van der Waals surface area contributed by atoms with Crippen molar-refractivity contribution >= 4 is 16.6 Å². The van der Waals surface area contributed by atoms with E-state index in [1.54, 1.807) is 16.8 Å². The van der Waals surface area contributed by atoms with E-state index in [0.717, 1.165) is 5.56 Å². The molecule has 1 aliphatic carbocycles. The van der Waals surface area contributed by atoms with Gasteiger partial charge in [-0.3, -0.25) is 9.59 Å². The highest BCUT2D eigenvalue weighted by Crippen LogP contribution is 2.44. The summed E-state index contributed by atoms with van der Waals surface area (Å²) < 4.78 is 36.8. The van der Waals surface area contributed by atoms with E-state index in [0.29, 0.717) is 49.2 Å². The van der Waals surface area contributed by atoms with Crippen LogP contribution in [-0.4, -0.2) is 27.6 Å². The van der Waals surface area contributed by atoms with E-state index in [1.807, 2.05) is 13.0 Å².